The molecule has 1 unspecified atom stereocenters. The number of nitriles is 1. The van der Waals surface area contributed by atoms with Gasteiger partial charge in [-0.3, -0.25) is 14.8 Å². The molecule has 1 aromatic heterocycles. The first-order chi connectivity index (χ1) is 10.7. The Morgan fingerprint density at radius 3 is 2.73 bits per heavy atom. The van der Waals surface area contributed by atoms with Gasteiger partial charge in [0, 0.05) is 12.4 Å². The quantitative estimate of drug-likeness (QED) is 0.678. The molecule has 0 spiro atoms. The Balaban J connectivity index is 2.16. The van der Waals surface area contributed by atoms with E-state index in [0.717, 1.165) is 12.0 Å². The molecule has 0 aliphatic rings. The van der Waals surface area contributed by atoms with Crippen molar-refractivity contribution in [1.29, 1.82) is 5.26 Å². The normalized spacial score (nSPS) is 12.3. The van der Waals surface area contributed by atoms with Gasteiger partial charge in [-0.15, -0.1) is 0 Å². The lowest BCUT2D eigenvalue weighted by atomic mass is 10.0. The molecule has 0 bridgehead atoms. The highest BCUT2D eigenvalue weighted by Gasteiger charge is 2.15. The maximum Gasteiger partial charge on any atom is 0.262 e. The van der Waals surface area contributed by atoms with Crippen LogP contribution >= 0.6 is 0 Å². The summed E-state index contributed by atoms with van der Waals surface area (Å²) in [4.78, 5) is 20.2. The van der Waals surface area contributed by atoms with E-state index in [1.54, 1.807) is 0 Å². The fourth-order valence-electron chi connectivity index (χ4n) is 2.02. The molecule has 1 N–H and O–H groups in total. The molecular weight excluding hydrogens is 276 g/mol. The van der Waals surface area contributed by atoms with Crippen LogP contribution < -0.4 is 5.32 Å². The molecular formula is C17H16N4O. The summed E-state index contributed by atoms with van der Waals surface area (Å²) in [6.07, 6.45) is 6.71. The molecule has 0 fully saturated rings. The fourth-order valence-corrected chi connectivity index (χ4v) is 2.02. The summed E-state index contributed by atoms with van der Waals surface area (Å²) >= 11 is 0. The van der Waals surface area contributed by atoms with Crippen molar-refractivity contribution in [1.82, 2.24) is 15.3 Å². The summed E-state index contributed by atoms with van der Waals surface area (Å²) in [5, 5.41) is 12.1. The van der Waals surface area contributed by atoms with Gasteiger partial charge in [0.2, 0.25) is 0 Å². The molecule has 2 aromatic rings. The third-order valence-electron chi connectivity index (χ3n) is 3.16. The van der Waals surface area contributed by atoms with E-state index in [0.29, 0.717) is 5.69 Å². The Kier molecular flexibility index (Phi) is 5.38. The summed E-state index contributed by atoms with van der Waals surface area (Å²) in [6, 6.07) is 11.4. The molecule has 0 aliphatic heterocycles. The molecule has 0 saturated carbocycles. The Morgan fingerprint density at radius 2 is 2.14 bits per heavy atom. The summed E-state index contributed by atoms with van der Waals surface area (Å²) in [5.74, 6) is -0.413. The number of benzene rings is 1. The standard InChI is InChI=1S/C17H16N4O/c1-2-16(13-6-4-3-5-7-13)21-17(22)14(11-18)10-15-12-19-8-9-20-15/h3-10,12,16H,2H2,1H3,(H,21,22)/b14-10+. The number of amides is 1. The highest BCUT2D eigenvalue weighted by Crippen LogP contribution is 2.16. The zero-order chi connectivity index (χ0) is 15.8. The number of carbonyl (C=O) groups excluding carboxylic acids is 1. The minimum absolute atomic E-state index is 0.00915. The number of hydrogen-bond acceptors (Lipinski definition) is 4. The molecule has 0 aliphatic carbocycles. The minimum Gasteiger partial charge on any atom is -0.345 e. The lowest BCUT2D eigenvalue weighted by molar-refractivity contribution is -0.117. The summed E-state index contributed by atoms with van der Waals surface area (Å²) < 4.78 is 0. The molecule has 22 heavy (non-hydrogen) atoms. The van der Waals surface area contributed by atoms with Crippen LogP contribution in [0, 0.1) is 11.3 Å². The van der Waals surface area contributed by atoms with Gasteiger partial charge in [-0.2, -0.15) is 5.26 Å². The molecule has 0 radical (unpaired) electrons. The van der Waals surface area contributed by atoms with Gasteiger partial charge >= 0.3 is 0 Å². The first kappa shape index (κ1) is 15.4. The van der Waals surface area contributed by atoms with Crippen LogP contribution in [0.5, 0.6) is 0 Å². The lowest BCUT2D eigenvalue weighted by Gasteiger charge is -2.17. The van der Waals surface area contributed by atoms with Crippen molar-refractivity contribution in [3.8, 4) is 6.07 Å². The SMILES string of the molecule is CCC(NC(=O)/C(C#N)=C/c1cnccn1)c1ccccc1. The van der Waals surface area contributed by atoms with Crippen molar-refractivity contribution in [3.05, 3.63) is 65.8 Å². The van der Waals surface area contributed by atoms with Crippen LogP contribution in [-0.4, -0.2) is 15.9 Å². The molecule has 110 valence electrons. The molecule has 1 amide bonds. The van der Waals surface area contributed by atoms with E-state index < -0.39 is 5.91 Å². The number of nitrogens with zero attached hydrogens (tertiary/aromatic N) is 3. The van der Waals surface area contributed by atoms with Gasteiger partial charge in [-0.25, -0.2) is 0 Å². The zero-order valence-electron chi connectivity index (χ0n) is 12.2. The van der Waals surface area contributed by atoms with Crippen LogP contribution in [0.1, 0.15) is 30.6 Å². The van der Waals surface area contributed by atoms with Gasteiger partial charge in [-0.1, -0.05) is 37.3 Å². The average molecular weight is 292 g/mol. The predicted octanol–water partition coefficient (Wildman–Crippen LogP) is 2.65. The number of rotatable bonds is 5. The van der Waals surface area contributed by atoms with Crippen LogP contribution in [0.2, 0.25) is 0 Å². The highest BCUT2D eigenvalue weighted by molar-refractivity contribution is 6.01. The molecule has 2 rings (SSSR count). The second-order valence-corrected chi connectivity index (χ2v) is 4.65. The first-order valence-electron chi connectivity index (χ1n) is 6.98. The van der Waals surface area contributed by atoms with E-state index >= 15 is 0 Å². The minimum atomic E-state index is -0.413. The Morgan fingerprint density at radius 1 is 1.36 bits per heavy atom. The van der Waals surface area contributed by atoms with Crippen molar-refractivity contribution < 1.29 is 4.79 Å². The van der Waals surface area contributed by atoms with E-state index in [-0.39, 0.29) is 11.6 Å². The number of hydrogen-bond donors (Lipinski definition) is 1. The van der Waals surface area contributed by atoms with Gasteiger partial charge in [-0.05, 0) is 18.1 Å². The third-order valence-corrected chi connectivity index (χ3v) is 3.16. The summed E-state index contributed by atoms with van der Waals surface area (Å²) in [6.45, 7) is 1.98. The van der Waals surface area contributed by atoms with Crippen LogP contribution in [0.25, 0.3) is 6.08 Å². The average Bonchev–Trinajstić information content (AvgIpc) is 2.59. The third kappa shape index (κ3) is 4.00. The molecule has 5 heteroatoms. The zero-order valence-corrected chi connectivity index (χ0v) is 12.2. The maximum absolute atomic E-state index is 12.3. The largest absolute Gasteiger partial charge is 0.345 e. The van der Waals surface area contributed by atoms with Crippen LogP contribution in [0.3, 0.4) is 0 Å². The van der Waals surface area contributed by atoms with E-state index in [2.05, 4.69) is 15.3 Å². The molecule has 1 aromatic carbocycles. The fraction of sp³-hybridized carbons (Fsp3) is 0.176. The highest BCUT2D eigenvalue weighted by atomic mass is 16.1. The van der Waals surface area contributed by atoms with Gasteiger partial charge in [0.15, 0.2) is 0 Å². The number of carbonyl (C=O) groups is 1. The van der Waals surface area contributed by atoms with Gasteiger partial charge in [0.1, 0.15) is 11.6 Å². The molecule has 5 nitrogen and oxygen atoms in total. The van der Waals surface area contributed by atoms with Crippen molar-refractivity contribution in [2.45, 2.75) is 19.4 Å². The van der Waals surface area contributed by atoms with Crippen molar-refractivity contribution in [3.63, 3.8) is 0 Å². The number of aromatic nitrogens is 2. The second-order valence-electron chi connectivity index (χ2n) is 4.65. The summed E-state index contributed by atoms with van der Waals surface area (Å²) in [5.41, 5.74) is 1.49. The Labute approximate surface area is 129 Å². The van der Waals surface area contributed by atoms with E-state index in [4.69, 9.17) is 0 Å². The van der Waals surface area contributed by atoms with Crippen molar-refractivity contribution >= 4 is 12.0 Å². The van der Waals surface area contributed by atoms with E-state index in [9.17, 15) is 10.1 Å². The lowest BCUT2D eigenvalue weighted by Crippen LogP contribution is -2.29. The smallest absolute Gasteiger partial charge is 0.262 e. The van der Waals surface area contributed by atoms with Crippen LogP contribution in [0.4, 0.5) is 0 Å². The van der Waals surface area contributed by atoms with Crippen molar-refractivity contribution in [2.24, 2.45) is 0 Å². The van der Waals surface area contributed by atoms with E-state index in [1.165, 1.54) is 24.7 Å². The van der Waals surface area contributed by atoms with Crippen molar-refractivity contribution in [2.75, 3.05) is 0 Å². The van der Waals surface area contributed by atoms with Gasteiger partial charge in [0.05, 0.1) is 17.9 Å². The van der Waals surface area contributed by atoms with Crippen LogP contribution in [0.15, 0.2) is 54.5 Å². The summed E-state index contributed by atoms with van der Waals surface area (Å²) in [7, 11) is 0. The topological polar surface area (TPSA) is 78.7 Å². The van der Waals surface area contributed by atoms with E-state index in [1.807, 2.05) is 43.3 Å². The second kappa shape index (κ2) is 7.70. The maximum atomic E-state index is 12.3. The molecule has 0 saturated heterocycles. The van der Waals surface area contributed by atoms with Gasteiger partial charge < -0.3 is 5.32 Å². The Hall–Kier alpha value is -3.00. The van der Waals surface area contributed by atoms with Crippen LogP contribution in [-0.2, 0) is 4.79 Å². The Bertz CT molecular complexity index is 690. The predicted molar refractivity (Wildman–Crippen MR) is 83.2 cm³/mol. The molecule has 1 heterocycles. The number of nitrogens with one attached hydrogen (secondary N) is 1. The van der Waals surface area contributed by atoms with Gasteiger partial charge in [0.25, 0.3) is 5.91 Å². The first-order valence-corrected chi connectivity index (χ1v) is 6.98. The monoisotopic (exact) mass is 292 g/mol. The molecule has 1 atom stereocenters.